The van der Waals surface area contributed by atoms with Crippen molar-refractivity contribution >= 4 is 0 Å². The first-order chi connectivity index (χ1) is 8.34. The Labute approximate surface area is 105 Å². The maximum atomic E-state index is 4.96. The van der Waals surface area contributed by atoms with Gasteiger partial charge in [-0.05, 0) is 31.0 Å². The largest absolute Gasteiger partial charge is 0.383 e. The minimum Gasteiger partial charge on any atom is -0.383 e. The van der Waals surface area contributed by atoms with Gasteiger partial charge in [0.25, 0.3) is 0 Å². The Bertz CT molecular complexity index is 302. The van der Waals surface area contributed by atoms with Crippen LogP contribution < -0.4 is 10.6 Å². The molecular formula is C14H24N2O. The van der Waals surface area contributed by atoms with Crippen molar-refractivity contribution in [1.29, 1.82) is 0 Å². The highest BCUT2D eigenvalue weighted by Gasteiger charge is 1.95. The molecule has 0 aliphatic rings. The van der Waals surface area contributed by atoms with Gasteiger partial charge < -0.3 is 15.4 Å². The fourth-order valence-electron chi connectivity index (χ4n) is 1.71. The van der Waals surface area contributed by atoms with Gasteiger partial charge in [0.05, 0.1) is 6.61 Å². The molecule has 2 N–H and O–H groups in total. The Kier molecular flexibility index (Phi) is 7.63. The summed E-state index contributed by atoms with van der Waals surface area (Å²) in [6, 6.07) is 8.57. The minimum atomic E-state index is 0.781. The molecule has 0 heterocycles. The molecule has 1 aromatic carbocycles. The molecule has 0 amide bonds. The predicted molar refractivity (Wildman–Crippen MR) is 72.5 cm³/mol. The number of nitrogens with one attached hydrogen (secondary N) is 2. The lowest BCUT2D eigenvalue weighted by molar-refractivity contribution is 0.199. The average molecular weight is 236 g/mol. The van der Waals surface area contributed by atoms with Crippen molar-refractivity contribution in [2.24, 2.45) is 0 Å². The molecule has 0 bridgehead atoms. The summed E-state index contributed by atoms with van der Waals surface area (Å²) in [5, 5.41) is 6.74. The summed E-state index contributed by atoms with van der Waals surface area (Å²) in [5.41, 5.74) is 2.82. The van der Waals surface area contributed by atoms with Gasteiger partial charge in [-0.2, -0.15) is 0 Å². The molecule has 0 unspecified atom stereocenters. The van der Waals surface area contributed by atoms with E-state index in [-0.39, 0.29) is 0 Å². The standard InChI is InChI=1S/C14H24N2O/c1-13-5-3-4-6-14(13)7-8-15-9-10-16-11-12-17-2/h3-6,15-16H,7-12H2,1-2H3. The van der Waals surface area contributed by atoms with Crippen LogP contribution in [0.4, 0.5) is 0 Å². The van der Waals surface area contributed by atoms with Crippen LogP contribution in [0.1, 0.15) is 11.1 Å². The number of aryl methyl sites for hydroxylation is 1. The summed E-state index contributed by atoms with van der Waals surface area (Å²) in [5.74, 6) is 0. The Morgan fingerprint density at radius 2 is 1.71 bits per heavy atom. The third kappa shape index (κ3) is 6.41. The van der Waals surface area contributed by atoms with Crippen LogP contribution in [0.3, 0.4) is 0 Å². The predicted octanol–water partition coefficient (Wildman–Crippen LogP) is 1.36. The van der Waals surface area contributed by atoms with Crippen molar-refractivity contribution in [1.82, 2.24) is 10.6 Å². The highest BCUT2D eigenvalue weighted by molar-refractivity contribution is 5.25. The van der Waals surface area contributed by atoms with Crippen molar-refractivity contribution in [3.8, 4) is 0 Å². The van der Waals surface area contributed by atoms with Gasteiger partial charge in [-0.1, -0.05) is 24.3 Å². The van der Waals surface area contributed by atoms with Crippen LogP contribution in [0.15, 0.2) is 24.3 Å². The monoisotopic (exact) mass is 236 g/mol. The van der Waals surface area contributed by atoms with Crippen molar-refractivity contribution in [2.45, 2.75) is 13.3 Å². The molecule has 0 aliphatic carbocycles. The zero-order valence-corrected chi connectivity index (χ0v) is 11.0. The maximum Gasteiger partial charge on any atom is 0.0587 e. The van der Waals surface area contributed by atoms with E-state index in [1.807, 2.05) is 0 Å². The summed E-state index contributed by atoms with van der Waals surface area (Å²) >= 11 is 0. The van der Waals surface area contributed by atoms with Gasteiger partial charge in [0.15, 0.2) is 0 Å². The summed E-state index contributed by atoms with van der Waals surface area (Å²) < 4.78 is 4.96. The highest BCUT2D eigenvalue weighted by Crippen LogP contribution is 2.06. The molecule has 0 fully saturated rings. The molecule has 3 nitrogen and oxygen atoms in total. The van der Waals surface area contributed by atoms with Gasteiger partial charge in [-0.3, -0.25) is 0 Å². The van der Waals surface area contributed by atoms with E-state index in [0.29, 0.717) is 0 Å². The number of benzene rings is 1. The Hall–Kier alpha value is -0.900. The fraction of sp³-hybridized carbons (Fsp3) is 0.571. The molecule has 3 heteroatoms. The van der Waals surface area contributed by atoms with Crippen molar-refractivity contribution in [2.75, 3.05) is 39.9 Å². The first-order valence-corrected chi connectivity index (χ1v) is 6.29. The molecule has 1 aromatic rings. The number of ether oxygens (including phenoxy) is 1. The Morgan fingerprint density at radius 3 is 2.41 bits per heavy atom. The van der Waals surface area contributed by atoms with Crippen LogP contribution in [0.2, 0.25) is 0 Å². The highest BCUT2D eigenvalue weighted by atomic mass is 16.5. The SMILES string of the molecule is COCCNCCNCCc1ccccc1C. The summed E-state index contributed by atoms with van der Waals surface area (Å²) in [7, 11) is 1.72. The van der Waals surface area contributed by atoms with Crippen LogP contribution >= 0.6 is 0 Å². The molecule has 17 heavy (non-hydrogen) atoms. The molecule has 1 rings (SSSR count). The lowest BCUT2D eigenvalue weighted by Crippen LogP contribution is -2.30. The van der Waals surface area contributed by atoms with Gasteiger partial charge in [-0.25, -0.2) is 0 Å². The van der Waals surface area contributed by atoms with Crippen LogP contribution in [-0.4, -0.2) is 39.9 Å². The zero-order chi connectivity index (χ0) is 12.3. The van der Waals surface area contributed by atoms with Crippen molar-refractivity contribution in [3.63, 3.8) is 0 Å². The molecule has 0 radical (unpaired) electrons. The lowest BCUT2D eigenvalue weighted by atomic mass is 10.1. The first-order valence-electron chi connectivity index (χ1n) is 6.29. The zero-order valence-electron chi connectivity index (χ0n) is 11.0. The van der Waals surface area contributed by atoms with Crippen molar-refractivity contribution < 1.29 is 4.74 Å². The van der Waals surface area contributed by atoms with Gasteiger partial charge in [-0.15, -0.1) is 0 Å². The van der Waals surface area contributed by atoms with Crippen LogP contribution in [0.25, 0.3) is 0 Å². The second-order valence-electron chi connectivity index (χ2n) is 4.17. The van der Waals surface area contributed by atoms with E-state index in [2.05, 4.69) is 41.8 Å². The number of hydrogen-bond acceptors (Lipinski definition) is 3. The van der Waals surface area contributed by atoms with E-state index in [9.17, 15) is 0 Å². The van der Waals surface area contributed by atoms with E-state index in [1.54, 1.807) is 7.11 Å². The van der Waals surface area contributed by atoms with Gasteiger partial charge >= 0.3 is 0 Å². The summed E-state index contributed by atoms with van der Waals surface area (Å²) in [6.45, 7) is 6.92. The molecule has 0 saturated carbocycles. The third-order valence-electron chi connectivity index (χ3n) is 2.79. The van der Waals surface area contributed by atoms with E-state index in [1.165, 1.54) is 11.1 Å². The van der Waals surface area contributed by atoms with E-state index >= 15 is 0 Å². The topological polar surface area (TPSA) is 33.3 Å². The first kappa shape index (κ1) is 14.2. The minimum absolute atomic E-state index is 0.781. The molecule has 96 valence electrons. The van der Waals surface area contributed by atoms with Crippen LogP contribution in [-0.2, 0) is 11.2 Å². The number of hydrogen-bond donors (Lipinski definition) is 2. The second kappa shape index (κ2) is 9.16. The second-order valence-corrected chi connectivity index (χ2v) is 4.17. The molecule has 0 aromatic heterocycles. The number of methoxy groups -OCH3 is 1. The Balaban J connectivity index is 1.99. The van der Waals surface area contributed by atoms with E-state index < -0.39 is 0 Å². The summed E-state index contributed by atoms with van der Waals surface area (Å²) in [6.07, 6.45) is 1.10. The summed E-state index contributed by atoms with van der Waals surface area (Å²) in [4.78, 5) is 0. The molecule has 0 spiro atoms. The maximum absolute atomic E-state index is 4.96. The van der Waals surface area contributed by atoms with Gasteiger partial charge in [0.2, 0.25) is 0 Å². The molecule has 0 aliphatic heterocycles. The van der Waals surface area contributed by atoms with Crippen LogP contribution in [0.5, 0.6) is 0 Å². The molecule has 0 atom stereocenters. The quantitative estimate of drug-likeness (QED) is 0.635. The Morgan fingerprint density at radius 1 is 1.00 bits per heavy atom. The normalized spacial score (nSPS) is 10.7. The van der Waals surface area contributed by atoms with Crippen molar-refractivity contribution in [3.05, 3.63) is 35.4 Å². The van der Waals surface area contributed by atoms with Gasteiger partial charge in [0, 0.05) is 26.7 Å². The number of rotatable bonds is 9. The lowest BCUT2D eigenvalue weighted by Gasteiger charge is -2.08. The smallest absolute Gasteiger partial charge is 0.0587 e. The van der Waals surface area contributed by atoms with Gasteiger partial charge in [0.1, 0.15) is 0 Å². The van der Waals surface area contributed by atoms with E-state index in [4.69, 9.17) is 4.74 Å². The molecular weight excluding hydrogens is 212 g/mol. The average Bonchev–Trinajstić information content (AvgIpc) is 2.35. The fourth-order valence-corrected chi connectivity index (χ4v) is 1.71. The molecule has 0 saturated heterocycles. The van der Waals surface area contributed by atoms with Crippen LogP contribution in [0, 0.1) is 6.92 Å². The third-order valence-corrected chi connectivity index (χ3v) is 2.79. The van der Waals surface area contributed by atoms with E-state index in [0.717, 1.165) is 39.2 Å².